The van der Waals surface area contributed by atoms with Crippen molar-refractivity contribution < 1.29 is 50.6 Å². The van der Waals surface area contributed by atoms with Gasteiger partial charge in [0.1, 0.15) is 36.1 Å². The summed E-state index contributed by atoms with van der Waals surface area (Å²) in [5.41, 5.74) is 1.22. The van der Waals surface area contributed by atoms with E-state index in [4.69, 9.17) is 38.0 Å². The maximum atomic E-state index is 14.9. The van der Waals surface area contributed by atoms with Gasteiger partial charge in [0, 0.05) is 34.6 Å². The van der Waals surface area contributed by atoms with Crippen molar-refractivity contribution in [3.63, 3.8) is 0 Å². The summed E-state index contributed by atoms with van der Waals surface area (Å²) in [6.07, 6.45) is -3.70. The van der Waals surface area contributed by atoms with E-state index in [1.165, 1.54) is 18.2 Å². The van der Waals surface area contributed by atoms with Gasteiger partial charge in [-0.05, 0) is 83.3 Å². The first kappa shape index (κ1) is 46.9. The molecule has 2 saturated carbocycles. The van der Waals surface area contributed by atoms with Gasteiger partial charge in [-0.3, -0.25) is 24.4 Å². The number of alkyl carbamates (subject to hydrolysis) is 1. The van der Waals surface area contributed by atoms with E-state index in [0.29, 0.717) is 34.4 Å². The van der Waals surface area contributed by atoms with Crippen molar-refractivity contribution in [2.75, 3.05) is 20.3 Å². The lowest BCUT2D eigenvalue weighted by Gasteiger charge is -2.36. The maximum Gasteiger partial charge on any atom is 0.413 e. The first-order chi connectivity index (χ1) is 31.3. The zero-order chi connectivity index (χ0) is 47.3. The van der Waals surface area contributed by atoms with Crippen LogP contribution in [0.3, 0.4) is 0 Å². The van der Waals surface area contributed by atoms with Gasteiger partial charge in [-0.1, -0.05) is 80.9 Å². The highest BCUT2D eigenvalue weighted by atomic mass is 35.5. The smallest absolute Gasteiger partial charge is 0.413 e. The number of carbonyl (C=O) groups excluding carboxylic acids is 4. The summed E-state index contributed by atoms with van der Waals surface area (Å²) in [4.78, 5) is 62.0. The van der Waals surface area contributed by atoms with E-state index in [9.17, 15) is 36.4 Å². The third-order valence-electron chi connectivity index (χ3n) is 12.6. The molecule has 4 amide bonds. The molecule has 3 aromatic carbocycles. The fourth-order valence-corrected chi connectivity index (χ4v) is 10.7. The molecule has 1 aromatic heterocycles. The van der Waals surface area contributed by atoms with Gasteiger partial charge < -0.3 is 29.7 Å². The minimum Gasteiger partial charge on any atom is -0.494 e. The van der Waals surface area contributed by atoms with Gasteiger partial charge in [0.15, 0.2) is 5.11 Å². The molecule has 20 heteroatoms. The predicted octanol–water partition coefficient (Wildman–Crippen LogP) is 6.21. The molecule has 4 aromatic rings. The average molecular weight is 968 g/mol. The van der Waals surface area contributed by atoms with Crippen molar-refractivity contribution in [1.29, 1.82) is 0 Å². The summed E-state index contributed by atoms with van der Waals surface area (Å²) < 4.78 is 72.8. The van der Waals surface area contributed by atoms with Crippen molar-refractivity contribution in [3.05, 3.63) is 89.1 Å². The first-order valence-electron chi connectivity index (χ1n) is 21.5. The van der Waals surface area contributed by atoms with Crippen LogP contribution in [0.2, 0.25) is 5.02 Å². The van der Waals surface area contributed by atoms with E-state index in [0.717, 1.165) is 22.3 Å². The quantitative estimate of drug-likeness (QED) is 0.105. The Kier molecular flexibility index (Phi) is 12.9. The number of hydrogen-bond acceptors (Lipinski definition) is 11. The number of alkyl halides is 2. The lowest BCUT2D eigenvalue weighted by Crippen LogP contribution is -2.61. The van der Waals surface area contributed by atoms with Crippen molar-refractivity contribution in [2.24, 2.45) is 11.3 Å². The molecule has 3 aliphatic carbocycles. The summed E-state index contributed by atoms with van der Waals surface area (Å²) in [7, 11) is -2.64. The summed E-state index contributed by atoms with van der Waals surface area (Å²) >= 11 is 11.9. The van der Waals surface area contributed by atoms with E-state index in [-0.39, 0.29) is 42.9 Å². The van der Waals surface area contributed by atoms with Crippen LogP contribution < -0.4 is 30.1 Å². The second-order valence-corrected chi connectivity index (χ2v) is 21.0. The molecule has 2 heterocycles. The van der Waals surface area contributed by atoms with Gasteiger partial charge in [0.25, 0.3) is 5.91 Å². The Morgan fingerprint density at radius 3 is 2.29 bits per heavy atom. The fourth-order valence-electron chi connectivity index (χ4n) is 8.97. The molecule has 1 aliphatic heterocycles. The maximum absolute atomic E-state index is 14.9. The molecular formula is C46H49ClF2N6O9S2. The van der Waals surface area contributed by atoms with Gasteiger partial charge in [-0.2, -0.15) is 0 Å². The van der Waals surface area contributed by atoms with Crippen LogP contribution in [0.15, 0.2) is 72.9 Å². The van der Waals surface area contributed by atoms with Crippen LogP contribution >= 0.6 is 23.8 Å². The summed E-state index contributed by atoms with van der Waals surface area (Å²) in [5, 5.41) is 8.48. The van der Waals surface area contributed by atoms with Crippen molar-refractivity contribution in [3.8, 4) is 22.8 Å². The van der Waals surface area contributed by atoms with E-state index in [1.54, 1.807) is 39.0 Å². The Hall–Kier alpha value is -5.66. The van der Waals surface area contributed by atoms with Crippen LogP contribution in [-0.4, -0.2) is 103 Å². The molecule has 8 rings (SSSR count). The summed E-state index contributed by atoms with van der Waals surface area (Å²) in [6, 6.07) is 18.2. The molecule has 1 unspecified atom stereocenters. The molecular weight excluding hydrogens is 918 g/mol. The monoisotopic (exact) mass is 966 g/mol. The van der Waals surface area contributed by atoms with E-state index in [2.05, 4.69) is 20.9 Å². The molecule has 0 spiro atoms. The average Bonchev–Trinajstić information content (AvgIpc) is 4.17. The number of fused-ring (bicyclic) bond motifs is 4. The molecule has 350 valence electrons. The van der Waals surface area contributed by atoms with Crippen LogP contribution in [-0.2, 0) is 29.1 Å². The Morgan fingerprint density at radius 2 is 1.67 bits per heavy atom. The minimum absolute atomic E-state index is 0.00476. The van der Waals surface area contributed by atoms with Crippen LogP contribution in [0.4, 0.5) is 13.6 Å². The number of thiocarbonyl (C=S) groups is 1. The van der Waals surface area contributed by atoms with Crippen LogP contribution in [0.1, 0.15) is 69.9 Å². The number of pyridine rings is 1. The third-order valence-corrected chi connectivity index (χ3v) is 14.9. The Bertz CT molecular complexity index is 2670. The normalized spacial score (nSPS) is 21.6. The zero-order valence-corrected chi connectivity index (χ0v) is 38.8. The van der Waals surface area contributed by atoms with E-state index >= 15 is 0 Å². The highest BCUT2D eigenvalue weighted by Gasteiger charge is 2.63. The van der Waals surface area contributed by atoms with E-state index in [1.807, 2.05) is 53.3 Å². The van der Waals surface area contributed by atoms with Crippen LogP contribution in [0.5, 0.6) is 11.6 Å². The fraction of sp³-hybridized carbons (Fsp3) is 0.435. The van der Waals surface area contributed by atoms with Crippen LogP contribution in [0.25, 0.3) is 21.9 Å². The zero-order valence-electron chi connectivity index (χ0n) is 36.4. The molecule has 0 bridgehead atoms. The number of likely N-dealkylation sites (tertiary alicyclic amines) is 1. The second kappa shape index (κ2) is 18.2. The molecule has 66 heavy (non-hydrogen) atoms. The third kappa shape index (κ3) is 9.60. The second-order valence-electron chi connectivity index (χ2n) is 18.2. The standard InChI is InChI=1S/C46H49ClF2N6O9S2/c1-45(2,3)38(51-43(65)52-44(59)63-23-34-30-11-7-5-9-28(30)29-10-6-8-12-31(29)34)41(57)55-22-26(64-40-33-18-25(47)13-16-32(33)36(62-4)21-50-40)19-35(55)39(56)53-46(20-24(46)17-37(48)49)42(58)54-66(60,61)27-14-15-27/h5-13,16,18,21,24,26-27,34-35,37-38H,14-15,17,19-20,22-23H2,1-4H3,(H,53,56)(H,54,58)(H2,51,52,59,65)/t24-,26-,35+,38?,46-/m1/s1. The Morgan fingerprint density at radius 1 is 1.00 bits per heavy atom. The number of rotatable bonds is 14. The number of halogens is 3. The molecule has 1 saturated heterocycles. The van der Waals surface area contributed by atoms with Crippen molar-refractivity contribution >= 4 is 73.5 Å². The Labute approximate surface area is 390 Å². The molecule has 4 N–H and O–H groups in total. The largest absolute Gasteiger partial charge is 0.494 e. The predicted molar refractivity (Wildman–Crippen MR) is 245 cm³/mol. The topological polar surface area (TPSA) is 194 Å². The van der Waals surface area contributed by atoms with Gasteiger partial charge in [0.2, 0.25) is 34.1 Å². The number of aromatic nitrogens is 1. The molecule has 5 atom stereocenters. The molecule has 0 radical (unpaired) electrons. The number of sulfonamides is 1. The van der Waals surface area contributed by atoms with Crippen molar-refractivity contribution in [2.45, 2.75) is 94.2 Å². The number of carbonyl (C=O) groups is 4. The molecule has 3 fully saturated rings. The summed E-state index contributed by atoms with van der Waals surface area (Å²) in [6.45, 7) is 5.03. The molecule has 15 nitrogen and oxygen atoms in total. The number of benzene rings is 3. The number of nitrogens with one attached hydrogen (secondary N) is 4. The number of amides is 4. The number of hydrogen-bond donors (Lipinski definition) is 4. The number of nitrogens with zero attached hydrogens (tertiary/aromatic N) is 2. The van der Waals surface area contributed by atoms with E-state index < -0.39 is 87.0 Å². The van der Waals surface area contributed by atoms with Gasteiger partial charge in [-0.15, -0.1) is 0 Å². The molecule has 4 aliphatic rings. The first-order valence-corrected chi connectivity index (χ1v) is 23.8. The number of methoxy groups -OCH3 is 1. The Balaban J connectivity index is 1.03. The SMILES string of the molecule is COc1cnc(O[C@@H]2C[C@@H](C(=O)N[C@]3(C(=O)NS(=O)(=O)C4CC4)C[C@H]3CC(F)F)N(C(=O)C(NC(=S)NC(=O)OCC3c4ccccc4-c4ccccc43)C(C)(C)C)C2)c2cc(Cl)ccc12. The highest BCUT2D eigenvalue weighted by Crippen LogP contribution is 2.49. The summed E-state index contributed by atoms with van der Waals surface area (Å²) in [5.74, 6) is -3.43. The van der Waals surface area contributed by atoms with Crippen molar-refractivity contribution in [1.82, 2.24) is 30.6 Å². The van der Waals surface area contributed by atoms with Gasteiger partial charge >= 0.3 is 6.09 Å². The van der Waals surface area contributed by atoms with Gasteiger partial charge in [-0.25, -0.2) is 27.0 Å². The lowest BCUT2D eigenvalue weighted by molar-refractivity contribution is -0.142. The van der Waals surface area contributed by atoms with Gasteiger partial charge in [0.05, 0.1) is 25.1 Å². The van der Waals surface area contributed by atoms with Crippen LogP contribution in [0, 0.1) is 11.3 Å². The highest BCUT2D eigenvalue weighted by molar-refractivity contribution is 7.91. The minimum atomic E-state index is -4.12. The number of ether oxygens (including phenoxy) is 3. The lowest BCUT2D eigenvalue weighted by atomic mass is 9.85.